The van der Waals surface area contributed by atoms with Crippen LogP contribution in [0.15, 0.2) is 42.7 Å². The summed E-state index contributed by atoms with van der Waals surface area (Å²) in [6.07, 6.45) is 3.14. The van der Waals surface area contributed by atoms with Crippen LogP contribution in [0.25, 0.3) is 10.9 Å². The molecular formula is C15H12ClN3O. The molecule has 100 valence electrons. The lowest BCUT2D eigenvalue weighted by Gasteiger charge is -2.07. The highest BCUT2D eigenvalue weighted by Crippen LogP contribution is 2.23. The standard InChI is InChI=1S/C15H12ClN3O/c1-2-19-14(12(16)9-18-19)15(20)11-7-8-17-13-6-4-3-5-10(11)13/h3-9H,2H2,1H3. The van der Waals surface area contributed by atoms with E-state index in [-0.39, 0.29) is 5.78 Å². The third kappa shape index (κ3) is 1.98. The Labute approximate surface area is 121 Å². The first-order chi connectivity index (χ1) is 9.72. The van der Waals surface area contributed by atoms with Crippen molar-refractivity contribution in [3.8, 4) is 0 Å². The first-order valence-corrected chi connectivity index (χ1v) is 6.70. The van der Waals surface area contributed by atoms with E-state index in [1.807, 2.05) is 31.2 Å². The first-order valence-electron chi connectivity index (χ1n) is 6.32. The summed E-state index contributed by atoms with van der Waals surface area (Å²) in [7, 11) is 0. The van der Waals surface area contributed by atoms with Crippen LogP contribution in [0.5, 0.6) is 0 Å². The molecule has 0 atom stereocenters. The predicted molar refractivity (Wildman–Crippen MR) is 78.1 cm³/mol. The number of halogens is 1. The number of rotatable bonds is 3. The highest BCUT2D eigenvalue weighted by atomic mass is 35.5. The molecule has 0 spiro atoms. The molecule has 5 heteroatoms. The molecule has 20 heavy (non-hydrogen) atoms. The lowest BCUT2D eigenvalue weighted by Crippen LogP contribution is -2.11. The van der Waals surface area contributed by atoms with Gasteiger partial charge in [-0.2, -0.15) is 5.10 Å². The summed E-state index contributed by atoms with van der Waals surface area (Å²) in [5.41, 5.74) is 1.80. The SMILES string of the molecule is CCn1ncc(Cl)c1C(=O)c1ccnc2ccccc12. The molecule has 0 amide bonds. The number of benzene rings is 1. The Bertz CT molecular complexity index is 789. The smallest absolute Gasteiger partial charge is 0.213 e. The van der Waals surface area contributed by atoms with Crippen molar-refractivity contribution in [3.05, 3.63) is 59.0 Å². The number of fused-ring (bicyclic) bond motifs is 1. The van der Waals surface area contributed by atoms with Crippen LogP contribution in [0, 0.1) is 0 Å². The Hall–Kier alpha value is -2.20. The normalized spacial score (nSPS) is 10.9. The van der Waals surface area contributed by atoms with Crippen LogP contribution in [-0.4, -0.2) is 20.5 Å². The molecule has 2 aromatic heterocycles. The maximum atomic E-state index is 12.7. The van der Waals surface area contributed by atoms with Crippen LogP contribution >= 0.6 is 11.6 Å². The molecule has 0 saturated carbocycles. The minimum atomic E-state index is -0.132. The quantitative estimate of drug-likeness (QED) is 0.694. The van der Waals surface area contributed by atoms with Gasteiger partial charge < -0.3 is 0 Å². The minimum Gasteiger partial charge on any atom is -0.287 e. The van der Waals surface area contributed by atoms with Gasteiger partial charge in [0.1, 0.15) is 5.69 Å². The Kier molecular flexibility index (Phi) is 3.24. The van der Waals surface area contributed by atoms with E-state index in [1.54, 1.807) is 16.9 Å². The van der Waals surface area contributed by atoms with Gasteiger partial charge in [-0.3, -0.25) is 14.5 Å². The summed E-state index contributed by atoms with van der Waals surface area (Å²) in [5.74, 6) is -0.132. The summed E-state index contributed by atoms with van der Waals surface area (Å²) >= 11 is 6.10. The van der Waals surface area contributed by atoms with Crippen molar-refractivity contribution in [1.29, 1.82) is 0 Å². The predicted octanol–water partition coefficient (Wildman–Crippen LogP) is 3.34. The maximum Gasteiger partial charge on any atom is 0.213 e. The molecule has 0 bridgehead atoms. The van der Waals surface area contributed by atoms with E-state index in [0.717, 1.165) is 10.9 Å². The van der Waals surface area contributed by atoms with E-state index in [4.69, 9.17) is 11.6 Å². The molecule has 0 radical (unpaired) electrons. The third-order valence-corrected chi connectivity index (χ3v) is 3.48. The van der Waals surface area contributed by atoms with Crippen molar-refractivity contribution in [2.75, 3.05) is 0 Å². The molecule has 2 heterocycles. The fourth-order valence-electron chi connectivity index (χ4n) is 2.25. The summed E-state index contributed by atoms with van der Waals surface area (Å²) < 4.78 is 1.61. The second kappa shape index (κ2) is 5.06. The maximum absolute atomic E-state index is 12.7. The fraction of sp³-hybridized carbons (Fsp3) is 0.133. The number of aryl methyl sites for hydroxylation is 1. The fourth-order valence-corrected chi connectivity index (χ4v) is 2.48. The molecule has 0 N–H and O–H groups in total. The van der Waals surface area contributed by atoms with E-state index in [0.29, 0.717) is 22.8 Å². The summed E-state index contributed by atoms with van der Waals surface area (Å²) in [4.78, 5) is 17.0. The average molecular weight is 286 g/mol. The Morgan fingerprint density at radius 2 is 2.10 bits per heavy atom. The van der Waals surface area contributed by atoms with Gasteiger partial charge in [0.2, 0.25) is 5.78 Å². The van der Waals surface area contributed by atoms with Crippen LogP contribution in [0.3, 0.4) is 0 Å². The second-order valence-electron chi connectivity index (χ2n) is 4.36. The van der Waals surface area contributed by atoms with Gasteiger partial charge in [-0.1, -0.05) is 29.8 Å². The molecule has 3 aromatic rings. The van der Waals surface area contributed by atoms with E-state index in [2.05, 4.69) is 10.1 Å². The van der Waals surface area contributed by atoms with Crippen molar-refractivity contribution in [2.45, 2.75) is 13.5 Å². The number of carbonyl (C=O) groups excluding carboxylic acids is 1. The molecule has 0 aliphatic heterocycles. The molecule has 4 nitrogen and oxygen atoms in total. The number of hydrogen-bond acceptors (Lipinski definition) is 3. The van der Waals surface area contributed by atoms with E-state index >= 15 is 0 Å². The molecule has 0 unspecified atom stereocenters. The molecule has 0 fully saturated rings. The number of ketones is 1. The average Bonchev–Trinajstić information content (AvgIpc) is 2.87. The van der Waals surface area contributed by atoms with Crippen LogP contribution in [0.4, 0.5) is 0 Å². The van der Waals surface area contributed by atoms with Gasteiger partial charge in [0, 0.05) is 23.7 Å². The number of para-hydroxylation sites is 1. The van der Waals surface area contributed by atoms with Crippen LogP contribution in [0.1, 0.15) is 23.0 Å². The number of carbonyl (C=O) groups is 1. The Balaban J connectivity index is 2.20. The first kappa shape index (κ1) is 12.8. The number of nitrogens with zero attached hydrogens (tertiary/aromatic N) is 3. The van der Waals surface area contributed by atoms with E-state index in [9.17, 15) is 4.79 Å². The van der Waals surface area contributed by atoms with E-state index < -0.39 is 0 Å². The zero-order valence-corrected chi connectivity index (χ0v) is 11.6. The lowest BCUT2D eigenvalue weighted by atomic mass is 10.0. The van der Waals surface area contributed by atoms with Crippen molar-refractivity contribution in [1.82, 2.24) is 14.8 Å². The number of pyridine rings is 1. The van der Waals surface area contributed by atoms with Crippen LogP contribution in [-0.2, 0) is 6.54 Å². The number of aromatic nitrogens is 3. The van der Waals surface area contributed by atoms with Gasteiger partial charge >= 0.3 is 0 Å². The molecule has 0 aliphatic rings. The largest absolute Gasteiger partial charge is 0.287 e. The highest BCUT2D eigenvalue weighted by Gasteiger charge is 2.20. The molecular weight excluding hydrogens is 274 g/mol. The van der Waals surface area contributed by atoms with Gasteiger partial charge in [0.05, 0.1) is 16.7 Å². The zero-order chi connectivity index (χ0) is 14.1. The van der Waals surface area contributed by atoms with Crippen molar-refractivity contribution in [2.24, 2.45) is 0 Å². The lowest BCUT2D eigenvalue weighted by molar-refractivity contribution is 0.103. The molecule has 0 saturated heterocycles. The Morgan fingerprint density at radius 1 is 1.30 bits per heavy atom. The van der Waals surface area contributed by atoms with Gasteiger partial charge in [-0.25, -0.2) is 0 Å². The monoisotopic (exact) mass is 285 g/mol. The molecule has 1 aromatic carbocycles. The zero-order valence-electron chi connectivity index (χ0n) is 10.9. The van der Waals surface area contributed by atoms with Crippen molar-refractivity contribution >= 4 is 28.3 Å². The van der Waals surface area contributed by atoms with Crippen molar-refractivity contribution in [3.63, 3.8) is 0 Å². The third-order valence-electron chi connectivity index (χ3n) is 3.20. The van der Waals surface area contributed by atoms with Gasteiger partial charge in [0.25, 0.3) is 0 Å². The number of hydrogen-bond donors (Lipinski definition) is 0. The topological polar surface area (TPSA) is 47.8 Å². The van der Waals surface area contributed by atoms with Crippen molar-refractivity contribution < 1.29 is 4.79 Å². The van der Waals surface area contributed by atoms with Gasteiger partial charge in [-0.05, 0) is 19.1 Å². The second-order valence-corrected chi connectivity index (χ2v) is 4.77. The highest BCUT2D eigenvalue weighted by molar-refractivity contribution is 6.35. The molecule has 3 rings (SSSR count). The summed E-state index contributed by atoms with van der Waals surface area (Å²) in [5, 5.41) is 5.30. The minimum absolute atomic E-state index is 0.132. The van der Waals surface area contributed by atoms with E-state index in [1.165, 1.54) is 6.20 Å². The molecule has 0 aliphatic carbocycles. The summed E-state index contributed by atoms with van der Waals surface area (Å²) in [6.45, 7) is 2.52. The van der Waals surface area contributed by atoms with Gasteiger partial charge in [0.15, 0.2) is 0 Å². The van der Waals surface area contributed by atoms with Gasteiger partial charge in [-0.15, -0.1) is 0 Å². The summed E-state index contributed by atoms with van der Waals surface area (Å²) in [6, 6.07) is 9.27. The van der Waals surface area contributed by atoms with Crippen LogP contribution < -0.4 is 0 Å². The Morgan fingerprint density at radius 3 is 2.90 bits per heavy atom. The van der Waals surface area contributed by atoms with Crippen LogP contribution in [0.2, 0.25) is 5.02 Å².